The van der Waals surface area contributed by atoms with Gasteiger partial charge in [-0.25, -0.2) is 8.42 Å². The van der Waals surface area contributed by atoms with Crippen LogP contribution in [0, 0.1) is 0 Å². The molecule has 0 bridgehead atoms. The summed E-state index contributed by atoms with van der Waals surface area (Å²) in [5, 5.41) is 0. The number of hydrogen-bond acceptors (Lipinski definition) is 4. The van der Waals surface area contributed by atoms with Crippen LogP contribution in [0.3, 0.4) is 0 Å². The fourth-order valence-corrected chi connectivity index (χ4v) is 4.82. The molecule has 0 spiro atoms. The maximum absolute atomic E-state index is 12.7. The van der Waals surface area contributed by atoms with Crippen LogP contribution in [0.5, 0.6) is 0 Å². The Morgan fingerprint density at radius 3 is 2.25 bits per heavy atom. The van der Waals surface area contributed by atoms with E-state index >= 15 is 0 Å². The SMILES string of the molecule is CC1(C)CN(S(=O)(=O)c2cncc(Br)c2)CC(C)(C)O1. The van der Waals surface area contributed by atoms with E-state index in [0.717, 1.165) is 0 Å². The molecule has 0 aromatic carbocycles. The highest BCUT2D eigenvalue weighted by atomic mass is 79.9. The number of nitrogens with zero attached hydrogens (tertiary/aromatic N) is 2. The van der Waals surface area contributed by atoms with Crippen molar-refractivity contribution in [3.8, 4) is 0 Å². The first-order chi connectivity index (χ1) is 9.02. The molecule has 0 radical (unpaired) electrons. The highest BCUT2D eigenvalue weighted by molar-refractivity contribution is 9.10. The summed E-state index contributed by atoms with van der Waals surface area (Å²) in [5.74, 6) is 0. The van der Waals surface area contributed by atoms with Crippen LogP contribution in [0.1, 0.15) is 27.7 Å². The van der Waals surface area contributed by atoms with Crippen molar-refractivity contribution in [1.29, 1.82) is 0 Å². The Hall–Kier alpha value is -0.500. The van der Waals surface area contributed by atoms with Crippen molar-refractivity contribution in [3.63, 3.8) is 0 Å². The maximum Gasteiger partial charge on any atom is 0.244 e. The third kappa shape index (κ3) is 3.39. The third-order valence-electron chi connectivity index (χ3n) is 2.98. The van der Waals surface area contributed by atoms with Crippen molar-refractivity contribution in [2.24, 2.45) is 0 Å². The van der Waals surface area contributed by atoms with Crippen molar-refractivity contribution in [1.82, 2.24) is 9.29 Å². The van der Waals surface area contributed by atoms with E-state index in [1.807, 2.05) is 27.7 Å². The van der Waals surface area contributed by atoms with Crippen LogP contribution in [0.2, 0.25) is 0 Å². The quantitative estimate of drug-likeness (QED) is 0.810. The summed E-state index contributed by atoms with van der Waals surface area (Å²) in [7, 11) is -3.57. The Balaban J connectivity index is 2.39. The molecule has 7 heteroatoms. The lowest BCUT2D eigenvalue weighted by atomic mass is 10.0. The summed E-state index contributed by atoms with van der Waals surface area (Å²) in [5.41, 5.74) is -1.04. The van der Waals surface area contributed by atoms with Gasteiger partial charge in [0.15, 0.2) is 0 Å². The molecule has 0 saturated carbocycles. The predicted molar refractivity (Wildman–Crippen MR) is 79.9 cm³/mol. The fraction of sp³-hybridized carbons (Fsp3) is 0.615. The van der Waals surface area contributed by atoms with E-state index < -0.39 is 21.2 Å². The zero-order valence-corrected chi connectivity index (χ0v) is 14.5. The first-order valence-corrected chi connectivity index (χ1v) is 8.56. The number of sulfonamides is 1. The monoisotopic (exact) mass is 362 g/mol. The number of ether oxygens (including phenoxy) is 1. The molecule has 112 valence electrons. The zero-order valence-electron chi connectivity index (χ0n) is 12.1. The van der Waals surface area contributed by atoms with Gasteiger partial charge in [0.25, 0.3) is 0 Å². The van der Waals surface area contributed by atoms with Gasteiger partial charge in [0.1, 0.15) is 4.90 Å². The Labute approximate surface area is 128 Å². The van der Waals surface area contributed by atoms with Crippen molar-refractivity contribution >= 4 is 26.0 Å². The Bertz CT molecular complexity index is 598. The largest absolute Gasteiger partial charge is 0.367 e. The summed E-state index contributed by atoms with van der Waals surface area (Å²) >= 11 is 3.25. The van der Waals surface area contributed by atoms with Gasteiger partial charge in [-0.2, -0.15) is 4.31 Å². The van der Waals surface area contributed by atoms with Crippen LogP contribution in [0.25, 0.3) is 0 Å². The molecule has 20 heavy (non-hydrogen) atoms. The summed E-state index contributed by atoms with van der Waals surface area (Å²) in [4.78, 5) is 4.13. The second-order valence-electron chi connectivity index (χ2n) is 6.23. The van der Waals surface area contributed by atoms with Gasteiger partial charge < -0.3 is 4.74 Å². The van der Waals surface area contributed by atoms with E-state index in [2.05, 4.69) is 20.9 Å². The number of rotatable bonds is 2. The molecule has 2 rings (SSSR count). The van der Waals surface area contributed by atoms with Gasteiger partial charge in [-0.1, -0.05) is 0 Å². The molecule has 0 unspecified atom stereocenters. The lowest BCUT2D eigenvalue weighted by Gasteiger charge is -2.46. The second kappa shape index (κ2) is 5.05. The molecule has 1 aliphatic rings. The normalized spacial score (nSPS) is 22.6. The molecule has 0 N–H and O–H groups in total. The van der Waals surface area contributed by atoms with E-state index in [1.54, 1.807) is 12.3 Å². The average molecular weight is 363 g/mol. The number of aromatic nitrogens is 1. The molecular formula is C13H19BrN2O3S. The molecule has 0 atom stereocenters. The van der Waals surface area contributed by atoms with Crippen molar-refractivity contribution in [2.45, 2.75) is 43.8 Å². The second-order valence-corrected chi connectivity index (χ2v) is 9.09. The van der Waals surface area contributed by atoms with E-state index in [-0.39, 0.29) is 4.90 Å². The minimum Gasteiger partial charge on any atom is -0.367 e. The van der Waals surface area contributed by atoms with Crippen molar-refractivity contribution < 1.29 is 13.2 Å². The standard InChI is InChI=1S/C13H19BrN2O3S/c1-12(2)8-16(9-13(3,4)19-12)20(17,18)11-5-10(14)6-15-7-11/h5-7H,8-9H2,1-4H3. The van der Waals surface area contributed by atoms with Crippen LogP contribution in [-0.4, -0.2) is 42.0 Å². The molecule has 1 aliphatic heterocycles. The summed E-state index contributed by atoms with van der Waals surface area (Å²) < 4.78 is 33.5. The van der Waals surface area contributed by atoms with Gasteiger partial charge in [0.05, 0.1) is 11.2 Å². The smallest absolute Gasteiger partial charge is 0.244 e. The van der Waals surface area contributed by atoms with Gasteiger partial charge in [-0.15, -0.1) is 0 Å². The summed E-state index contributed by atoms with van der Waals surface area (Å²) in [6.45, 7) is 8.24. The van der Waals surface area contributed by atoms with E-state index in [9.17, 15) is 8.42 Å². The topological polar surface area (TPSA) is 59.5 Å². The molecule has 1 aromatic heterocycles. The zero-order chi connectivity index (χ0) is 15.2. The van der Waals surface area contributed by atoms with Gasteiger partial charge in [-0.3, -0.25) is 4.98 Å². The maximum atomic E-state index is 12.7. The lowest BCUT2D eigenvalue weighted by Crippen LogP contribution is -2.58. The first kappa shape index (κ1) is 15.9. The van der Waals surface area contributed by atoms with Gasteiger partial charge in [0.2, 0.25) is 10.0 Å². The molecule has 1 fully saturated rings. The van der Waals surface area contributed by atoms with Gasteiger partial charge in [0, 0.05) is 30.0 Å². The van der Waals surface area contributed by atoms with Gasteiger partial charge in [-0.05, 0) is 49.7 Å². The molecule has 5 nitrogen and oxygen atoms in total. The predicted octanol–water partition coefficient (Wildman–Crippen LogP) is 2.42. The first-order valence-electron chi connectivity index (χ1n) is 6.33. The summed E-state index contributed by atoms with van der Waals surface area (Å²) in [6.07, 6.45) is 2.93. The molecule has 2 heterocycles. The van der Waals surface area contributed by atoms with Gasteiger partial charge >= 0.3 is 0 Å². The fourth-order valence-electron chi connectivity index (χ4n) is 2.57. The Kier molecular flexibility index (Phi) is 4.01. The third-order valence-corrected chi connectivity index (χ3v) is 5.18. The Morgan fingerprint density at radius 2 is 1.75 bits per heavy atom. The number of pyridine rings is 1. The van der Waals surface area contributed by atoms with Crippen molar-refractivity contribution in [2.75, 3.05) is 13.1 Å². The van der Waals surface area contributed by atoms with Crippen LogP contribution >= 0.6 is 15.9 Å². The molecule has 0 amide bonds. The highest BCUT2D eigenvalue weighted by Gasteiger charge is 2.43. The average Bonchev–Trinajstić information content (AvgIpc) is 2.24. The van der Waals surface area contributed by atoms with Crippen LogP contribution in [0.15, 0.2) is 27.8 Å². The molecule has 0 aliphatic carbocycles. The van der Waals surface area contributed by atoms with Crippen molar-refractivity contribution in [3.05, 3.63) is 22.9 Å². The number of halogens is 1. The number of morpholine rings is 1. The lowest BCUT2D eigenvalue weighted by molar-refractivity contribution is -0.163. The minimum absolute atomic E-state index is 0.195. The Morgan fingerprint density at radius 1 is 1.20 bits per heavy atom. The van der Waals surface area contributed by atoms with Crippen LogP contribution < -0.4 is 0 Å². The molecular weight excluding hydrogens is 344 g/mol. The minimum atomic E-state index is -3.57. The van der Waals surface area contributed by atoms with Crippen LogP contribution in [-0.2, 0) is 14.8 Å². The number of hydrogen-bond donors (Lipinski definition) is 0. The highest BCUT2D eigenvalue weighted by Crippen LogP contribution is 2.31. The van der Waals surface area contributed by atoms with E-state index in [4.69, 9.17) is 4.74 Å². The van der Waals surface area contributed by atoms with E-state index in [1.165, 1.54) is 10.5 Å². The van der Waals surface area contributed by atoms with Crippen LogP contribution in [0.4, 0.5) is 0 Å². The molecule has 1 saturated heterocycles. The molecule has 1 aromatic rings. The summed E-state index contributed by atoms with van der Waals surface area (Å²) in [6, 6.07) is 1.57. The van der Waals surface area contributed by atoms with E-state index in [0.29, 0.717) is 17.6 Å².